The van der Waals surface area contributed by atoms with E-state index in [9.17, 15) is 0 Å². The highest BCUT2D eigenvalue weighted by Gasteiger charge is 2.14. The van der Waals surface area contributed by atoms with E-state index >= 15 is 0 Å². The third-order valence-corrected chi connectivity index (χ3v) is 2.99. The molecule has 0 saturated heterocycles. The first kappa shape index (κ1) is 11.8. The molecule has 4 heteroatoms. The normalized spacial score (nSPS) is 15.1. The summed E-state index contributed by atoms with van der Waals surface area (Å²) in [6.07, 6.45) is 4.77. The van der Waals surface area contributed by atoms with E-state index in [4.69, 9.17) is 21.1 Å². The highest BCUT2D eigenvalue weighted by Crippen LogP contribution is 2.38. The lowest BCUT2D eigenvalue weighted by atomic mass is 10.2. The van der Waals surface area contributed by atoms with E-state index in [2.05, 4.69) is 15.9 Å². The molecule has 0 aliphatic carbocycles. The van der Waals surface area contributed by atoms with Gasteiger partial charge >= 0.3 is 0 Å². The Morgan fingerprint density at radius 3 is 2.94 bits per heavy atom. The van der Waals surface area contributed by atoms with E-state index in [-0.39, 0.29) is 0 Å². The van der Waals surface area contributed by atoms with Gasteiger partial charge in [0.2, 0.25) is 0 Å². The summed E-state index contributed by atoms with van der Waals surface area (Å²) in [5, 5.41) is 0. The van der Waals surface area contributed by atoms with Crippen LogP contribution in [-0.4, -0.2) is 19.1 Å². The van der Waals surface area contributed by atoms with Crippen LogP contribution in [0.3, 0.4) is 0 Å². The third-order valence-electron chi connectivity index (χ3n) is 2.22. The van der Waals surface area contributed by atoms with Crippen LogP contribution in [0.2, 0.25) is 0 Å². The number of rotatable bonds is 2. The number of benzene rings is 1. The van der Waals surface area contributed by atoms with E-state index in [0.29, 0.717) is 19.1 Å². The Morgan fingerprint density at radius 2 is 2.12 bits per heavy atom. The van der Waals surface area contributed by atoms with E-state index in [1.165, 1.54) is 0 Å². The topological polar surface area (TPSA) is 18.5 Å². The number of ether oxygens (including phenoxy) is 2. The van der Waals surface area contributed by atoms with Crippen LogP contribution in [0.15, 0.2) is 22.7 Å². The molecular weight excluding hydrogens is 291 g/mol. The summed E-state index contributed by atoms with van der Waals surface area (Å²) in [6.45, 7) is 1.39. The van der Waals surface area contributed by atoms with Crippen LogP contribution >= 0.6 is 27.5 Å². The fourth-order valence-electron chi connectivity index (χ4n) is 1.53. The van der Waals surface area contributed by atoms with Crippen molar-refractivity contribution in [3.05, 3.63) is 28.2 Å². The molecule has 2 nitrogen and oxygen atoms in total. The zero-order valence-electron chi connectivity index (χ0n) is 8.71. The zero-order valence-corrected chi connectivity index (χ0v) is 11.1. The number of hydrogen-bond acceptors (Lipinski definition) is 2. The summed E-state index contributed by atoms with van der Waals surface area (Å²) in [7, 11) is 0. The summed E-state index contributed by atoms with van der Waals surface area (Å²) in [6, 6.07) is 3.96. The maximum atomic E-state index is 5.63. The molecule has 1 aromatic carbocycles. The molecule has 0 N–H and O–H groups in total. The van der Waals surface area contributed by atoms with Gasteiger partial charge in [-0.3, -0.25) is 0 Å². The Balaban J connectivity index is 2.35. The van der Waals surface area contributed by atoms with Gasteiger partial charge in [-0.25, -0.2) is 0 Å². The van der Waals surface area contributed by atoms with Crippen molar-refractivity contribution in [2.75, 3.05) is 19.1 Å². The van der Waals surface area contributed by atoms with E-state index in [0.717, 1.165) is 28.0 Å². The second-order valence-corrected chi connectivity index (χ2v) is 4.60. The largest absolute Gasteiger partial charge is 0.489 e. The lowest BCUT2D eigenvalue weighted by Crippen LogP contribution is -1.97. The molecule has 0 spiro atoms. The molecule has 1 aromatic rings. The van der Waals surface area contributed by atoms with Crippen LogP contribution in [0, 0.1) is 0 Å². The van der Waals surface area contributed by atoms with E-state index in [1.54, 1.807) is 0 Å². The predicted octanol–water partition coefficient (Wildman–Crippen LogP) is 3.86. The lowest BCUT2D eigenvalue weighted by molar-refractivity contribution is 0.296. The van der Waals surface area contributed by atoms with Gasteiger partial charge in [0.15, 0.2) is 11.5 Å². The molecule has 0 bridgehead atoms. The predicted molar refractivity (Wildman–Crippen MR) is 69.5 cm³/mol. The summed E-state index contributed by atoms with van der Waals surface area (Å²) in [4.78, 5) is 0. The van der Waals surface area contributed by atoms with Gasteiger partial charge in [-0.1, -0.05) is 12.2 Å². The van der Waals surface area contributed by atoms with Crippen molar-refractivity contribution in [1.29, 1.82) is 0 Å². The van der Waals surface area contributed by atoms with Crippen LogP contribution in [0.1, 0.15) is 12.0 Å². The molecule has 0 unspecified atom stereocenters. The Bertz CT molecular complexity index is 404. The van der Waals surface area contributed by atoms with Crippen LogP contribution in [0.5, 0.6) is 11.5 Å². The minimum Gasteiger partial charge on any atom is -0.489 e. The second kappa shape index (κ2) is 5.60. The molecule has 0 amide bonds. The Morgan fingerprint density at radius 1 is 1.31 bits per heavy atom. The fraction of sp³-hybridized carbons (Fsp3) is 0.333. The molecule has 1 aliphatic rings. The average molecular weight is 304 g/mol. The molecular formula is C12H12BrClO2. The van der Waals surface area contributed by atoms with Crippen molar-refractivity contribution in [3.63, 3.8) is 0 Å². The summed E-state index contributed by atoms with van der Waals surface area (Å²) in [5.41, 5.74) is 1.05. The quantitative estimate of drug-likeness (QED) is 0.772. The van der Waals surface area contributed by atoms with E-state index < -0.39 is 0 Å². The monoisotopic (exact) mass is 302 g/mol. The number of alkyl halides is 1. The molecule has 0 aromatic heterocycles. The van der Waals surface area contributed by atoms with Gasteiger partial charge in [0.25, 0.3) is 0 Å². The van der Waals surface area contributed by atoms with Crippen LogP contribution in [0.25, 0.3) is 6.08 Å². The highest BCUT2D eigenvalue weighted by atomic mass is 79.9. The molecule has 0 fully saturated rings. The first-order chi connectivity index (χ1) is 7.81. The number of halogens is 2. The highest BCUT2D eigenvalue weighted by molar-refractivity contribution is 9.10. The molecule has 1 heterocycles. The van der Waals surface area contributed by atoms with Crippen molar-refractivity contribution in [3.8, 4) is 11.5 Å². The van der Waals surface area contributed by atoms with Gasteiger partial charge in [-0.05, 0) is 33.6 Å². The summed E-state index contributed by atoms with van der Waals surface area (Å²) in [5.74, 6) is 2.09. The number of hydrogen-bond donors (Lipinski definition) is 0. The minimum absolute atomic E-state index is 0.506. The standard InChI is InChI=1S/C12H12BrClO2/c13-10-7-9(3-1-4-14)8-11-12(10)16-6-2-5-15-11/h1,3,7-8H,2,4-6H2. The Kier molecular flexibility index (Phi) is 4.13. The number of fused-ring (bicyclic) bond motifs is 1. The van der Waals surface area contributed by atoms with Crippen molar-refractivity contribution in [2.45, 2.75) is 6.42 Å². The van der Waals surface area contributed by atoms with Gasteiger partial charge in [0.05, 0.1) is 17.7 Å². The maximum absolute atomic E-state index is 5.63. The van der Waals surface area contributed by atoms with Crippen molar-refractivity contribution in [2.24, 2.45) is 0 Å². The zero-order chi connectivity index (χ0) is 11.4. The molecule has 86 valence electrons. The van der Waals surface area contributed by atoms with Gasteiger partial charge in [-0.15, -0.1) is 11.6 Å². The van der Waals surface area contributed by atoms with Crippen LogP contribution in [0.4, 0.5) is 0 Å². The van der Waals surface area contributed by atoms with Gasteiger partial charge < -0.3 is 9.47 Å². The first-order valence-electron chi connectivity index (χ1n) is 5.13. The SMILES string of the molecule is ClCC=Cc1cc(Br)c2c(c1)OCCCO2. The minimum atomic E-state index is 0.506. The molecule has 0 radical (unpaired) electrons. The maximum Gasteiger partial charge on any atom is 0.175 e. The summed E-state index contributed by atoms with van der Waals surface area (Å²) < 4.78 is 12.2. The fourth-order valence-corrected chi connectivity index (χ4v) is 2.19. The Hall–Kier alpha value is -0.670. The molecule has 2 rings (SSSR count). The van der Waals surface area contributed by atoms with Crippen LogP contribution < -0.4 is 9.47 Å². The van der Waals surface area contributed by atoms with Gasteiger partial charge in [0.1, 0.15) is 0 Å². The van der Waals surface area contributed by atoms with Gasteiger partial charge in [0, 0.05) is 12.3 Å². The second-order valence-electron chi connectivity index (χ2n) is 3.44. The van der Waals surface area contributed by atoms with Crippen LogP contribution in [-0.2, 0) is 0 Å². The third kappa shape index (κ3) is 2.71. The smallest absolute Gasteiger partial charge is 0.175 e. The molecule has 0 atom stereocenters. The summed E-state index contributed by atoms with van der Waals surface area (Å²) >= 11 is 9.09. The van der Waals surface area contributed by atoms with Crippen molar-refractivity contribution >= 4 is 33.6 Å². The molecule has 0 saturated carbocycles. The molecule has 16 heavy (non-hydrogen) atoms. The van der Waals surface area contributed by atoms with E-state index in [1.807, 2.05) is 24.3 Å². The van der Waals surface area contributed by atoms with Crippen molar-refractivity contribution < 1.29 is 9.47 Å². The number of allylic oxidation sites excluding steroid dienone is 1. The lowest BCUT2D eigenvalue weighted by Gasteiger charge is -2.10. The molecule has 1 aliphatic heterocycles. The van der Waals surface area contributed by atoms with Gasteiger partial charge in [-0.2, -0.15) is 0 Å². The van der Waals surface area contributed by atoms with Crippen molar-refractivity contribution in [1.82, 2.24) is 0 Å². The Labute approximate surface area is 108 Å². The first-order valence-corrected chi connectivity index (χ1v) is 6.45. The average Bonchev–Trinajstić information content (AvgIpc) is 2.51.